The van der Waals surface area contributed by atoms with Crippen molar-refractivity contribution < 1.29 is 14.3 Å². The number of fused-ring (bicyclic) bond motifs is 3. The van der Waals surface area contributed by atoms with Gasteiger partial charge < -0.3 is 10.1 Å². The third kappa shape index (κ3) is 3.53. The minimum atomic E-state index is -0.743. The molecule has 9 heteroatoms. The van der Waals surface area contributed by atoms with Crippen LogP contribution in [-0.2, 0) is 14.1 Å². The van der Waals surface area contributed by atoms with E-state index in [9.17, 15) is 19.2 Å². The molecule has 2 aliphatic rings. The van der Waals surface area contributed by atoms with Gasteiger partial charge in [-0.1, -0.05) is 48.0 Å². The van der Waals surface area contributed by atoms with Crippen molar-refractivity contribution in [1.29, 1.82) is 0 Å². The van der Waals surface area contributed by atoms with Crippen LogP contribution in [0.2, 0.25) is 5.02 Å². The highest BCUT2D eigenvalue weighted by atomic mass is 35.5. The van der Waals surface area contributed by atoms with E-state index in [1.807, 2.05) is 12.1 Å². The van der Waals surface area contributed by atoms with E-state index in [0.717, 1.165) is 4.57 Å². The van der Waals surface area contributed by atoms with Crippen molar-refractivity contribution in [3.05, 3.63) is 132 Å². The Kier molecular flexibility index (Phi) is 5.43. The molecule has 2 heterocycles. The molecule has 0 amide bonds. The lowest BCUT2D eigenvalue weighted by molar-refractivity contribution is 0.0734. The number of carbonyl (C=O) groups excluding carboxylic acids is 2. The lowest BCUT2D eigenvalue weighted by atomic mass is 9.81. The molecular formula is C29H20ClN3O5. The number of hydrogen-bond acceptors (Lipinski definition) is 6. The highest BCUT2D eigenvalue weighted by Crippen LogP contribution is 2.47. The van der Waals surface area contributed by atoms with Crippen LogP contribution in [0.15, 0.2) is 88.0 Å². The Morgan fingerprint density at radius 2 is 1.53 bits per heavy atom. The molecule has 0 radical (unpaired) electrons. The zero-order chi connectivity index (χ0) is 26.7. The Morgan fingerprint density at radius 1 is 0.868 bits per heavy atom. The van der Waals surface area contributed by atoms with Crippen molar-refractivity contribution in [1.82, 2.24) is 9.13 Å². The first-order valence-electron chi connectivity index (χ1n) is 11.8. The van der Waals surface area contributed by atoms with Crippen molar-refractivity contribution in [3.8, 4) is 5.75 Å². The van der Waals surface area contributed by atoms with Crippen LogP contribution in [0.25, 0.3) is 5.70 Å². The number of rotatable bonds is 3. The lowest BCUT2D eigenvalue weighted by Crippen LogP contribution is -2.42. The molecule has 3 aromatic carbocycles. The van der Waals surface area contributed by atoms with Crippen LogP contribution in [-0.4, -0.2) is 20.9 Å². The average molecular weight is 526 g/mol. The average Bonchev–Trinajstić information content (AvgIpc) is 3.22. The normalized spacial score (nSPS) is 15.4. The van der Waals surface area contributed by atoms with Gasteiger partial charge in [-0.25, -0.2) is 9.59 Å². The summed E-state index contributed by atoms with van der Waals surface area (Å²) >= 11 is 5.89. The number of esters is 1. The summed E-state index contributed by atoms with van der Waals surface area (Å²) in [6.45, 7) is 0. The molecule has 6 rings (SSSR count). The summed E-state index contributed by atoms with van der Waals surface area (Å²) in [5.41, 5.74) is 2.55. The zero-order valence-electron chi connectivity index (χ0n) is 20.3. The van der Waals surface area contributed by atoms with Crippen molar-refractivity contribution in [2.24, 2.45) is 14.1 Å². The van der Waals surface area contributed by atoms with Crippen LogP contribution >= 0.6 is 11.6 Å². The number of allylic oxidation sites excluding steroid dienone is 1. The van der Waals surface area contributed by atoms with Crippen LogP contribution < -0.4 is 21.3 Å². The van der Waals surface area contributed by atoms with E-state index >= 15 is 0 Å². The van der Waals surface area contributed by atoms with Gasteiger partial charge in [0.05, 0.1) is 16.8 Å². The van der Waals surface area contributed by atoms with E-state index in [0.29, 0.717) is 55.7 Å². The van der Waals surface area contributed by atoms with E-state index in [1.165, 1.54) is 11.6 Å². The maximum atomic E-state index is 13.6. The summed E-state index contributed by atoms with van der Waals surface area (Å²) < 4.78 is 7.92. The van der Waals surface area contributed by atoms with Crippen molar-refractivity contribution in [2.75, 3.05) is 5.32 Å². The predicted molar refractivity (Wildman–Crippen MR) is 143 cm³/mol. The van der Waals surface area contributed by atoms with Gasteiger partial charge in [0.1, 0.15) is 11.6 Å². The summed E-state index contributed by atoms with van der Waals surface area (Å²) in [6, 6.07) is 20.2. The lowest BCUT2D eigenvalue weighted by Gasteiger charge is -2.29. The first-order valence-corrected chi connectivity index (χ1v) is 12.2. The van der Waals surface area contributed by atoms with Crippen molar-refractivity contribution in [3.63, 3.8) is 0 Å². The molecule has 4 aromatic rings. The molecule has 8 nitrogen and oxygen atoms in total. The highest BCUT2D eigenvalue weighted by molar-refractivity contribution is 6.30. The number of hydrogen-bond donors (Lipinski definition) is 1. The Bertz CT molecular complexity index is 1820. The van der Waals surface area contributed by atoms with Gasteiger partial charge in [0.2, 0.25) is 0 Å². The van der Waals surface area contributed by atoms with Crippen molar-refractivity contribution in [2.45, 2.75) is 5.92 Å². The monoisotopic (exact) mass is 525 g/mol. The van der Waals surface area contributed by atoms with Crippen LogP contribution in [0.1, 0.15) is 43.3 Å². The Balaban J connectivity index is 1.46. The van der Waals surface area contributed by atoms with E-state index in [2.05, 4.69) is 5.32 Å². The number of ether oxygens (including phenoxy) is 1. The molecule has 0 bridgehead atoms. The van der Waals surface area contributed by atoms with Crippen LogP contribution in [0, 0.1) is 0 Å². The molecular weight excluding hydrogens is 506 g/mol. The quantitative estimate of drug-likeness (QED) is 0.319. The largest absolute Gasteiger partial charge is 0.423 e. The van der Waals surface area contributed by atoms with Gasteiger partial charge in [-0.05, 0) is 42.0 Å². The number of nitrogens with one attached hydrogen (secondary N) is 1. The molecule has 0 saturated carbocycles. The van der Waals surface area contributed by atoms with Gasteiger partial charge in [-0.2, -0.15) is 0 Å². The maximum absolute atomic E-state index is 13.6. The minimum Gasteiger partial charge on any atom is -0.423 e. The van der Waals surface area contributed by atoms with Gasteiger partial charge in [-0.15, -0.1) is 0 Å². The molecule has 1 N–H and O–H groups in total. The Morgan fingerprint density at radius 3 is 2.21 bits per heavy atom. The van der Waals surface area contributed by atoms with Gasteiger partial charge in [0.15, 0.2) is 5.78 Å². The van der Waals surface area contributed by atoms with E-state index in [4.69, 9.17) is 16.3 Å². The van der Waals surface area contributed by atoms with Crippen LogP contribution in [0.5, 0.6) is 5.75 Å². The second-order valence-electron chi connectivity index (χ2n) is 9.15. The number of ketones is 1. The number of halogens is 1. The minimum absolute atomic E-state index is 0.187. The van der Waals surface area contributed by atoms with Gasteiger partial charge in [0, 0.05) is 41.7 Å². The second-order valence-corrected chi connectivity index (χ2v) is 9.59. The predicted octanol–water partition coefficient (Wildman–Crippen LogP) is 4.12. The van der Waals surface area contributed by atoms with E-state index < -0.39 is 23.1 Å². The molecule has 1 unspecified atom stereocenters. The van der Waals surface area contributed by atoms with Gasteiger partial charge in [-0.3, -0.25) is 18.7 Å². The molecule has 38 heavy (non-hydrogen) atoms. The molecule has 188 valence electrons. The van der Waals surface area contributed by atoms with Crippen LogP contribution in [0.3, 0.4) is 0 Å². The van der Waals surface area contributed by atoms with Gasteiger partial charge >= 0.3 is 11.7 Å². The molecule has 1 atom stereocenters. The van der Waals surface area contributed by atoms with E-state index in [1.54, 1.807) is 67.7 Å². The smallest absolute Gasteiger partial charge is 0.343 e. The molecule has 1 aromatic heterocycles. The maximum Gasteiger partial charge on any atom is 0.343 e. The molecule has 0 spiro atoms. The summed E-state index contributed by atoms with van der Waals surface area (Å²) in [5.74, 6) is -0.839. The molecule has 0 fully saturated rings. The van der Waals surface area contributed by atoms with Gasteiger partial charge in [0.25, 0.3) is 5.56 Å². The summed E-state index contributed by atoms with van der Waals surface area (Å²) in [5, 5.41) is 3.72. The Labute approximate surface area is 221 Å². The number of Topliss-reactive ketones (excluding diaryl/α,β-unsaturated/α-hetero) is 1. The first-order chi connectivity index (χ1) is 18.3. The number of anilines is 1. The number of carbonyl (C=O) groups is 2. The second kappa shape index (κ2) is 8.71. The number of aromatic nitrogens is 2. The summed E-state index contributed by atoms with van der Waals surface area (Å²) in [6.07, 6.45) is 0. The van der Waals surface area contributed by atoms with Crippen molar-refractivity contribution >= 4 is 34.9 Å². The fraction of sp³-hybridized carbons (Fsp3) is 0.103. The number of nitrogens with zero attached hydrogens (tertiary/aromatic N) is 2. The standard InChI is InChI=1S/C29H20ClN3O5/c1-32-26-23(27(35)33(2)29(32)37)21(22-24(31-26)19-5-3-4-6-20(19)25(22)34)15-9-13-18(14-10-15)38-28(36)16-7-11-17(30)12-8-16/h3-14,21,31H,1-2H3. The SMILES string of the molecule is Cn1c2c(c(=O)n(C)c1=O)C(c1ccc(OC(=O)c3ccc(Cl)cc3)cc1)C1=C(N2)c2ccccc2C1=O. The summed E-state index contributed by atoms with van der Waals surface area (Å²) in [7, 11) is 2.99. The fourth-order valence-electron chi connectivity index (χ4n) is 5.07. The topological polar surface area (TPSA) is 99.4 Å². The van der Waals surface area contributed by atoms with E-state index in [-0.39, 0.29) is 5.78 Å². The molecule has 1 aliphatic heterocycles. The Hall–Kier alpha value is -4.69. The zero-order valence-corrected chi connectivity index (χ0v) is 21.1. The number of benzene rings is 3. The first kappa shape index (κ1) is 23.7. The molecule has 0 saturated heterocycles. The third-order valence-electron chi connectivity index (χ3n) is 6.98. The van der Waals surface area contributed by atoms with Crippen LogP contribution in [0.4, 0.5) is 5.82 Å². The highest BCUT2D eigenvalue weighted by Gasteiger charge is 2.42. The third-order valence-corrected chi connectivity index (χ3v) is 7.23. The summed E-state index contributed by atoms with van der Waals surface area (Å²) in [4.78, 5) is 52.3. The molecule has 1 aliphatic carbocycles. The fourth-order valence-corrected chi connectivity index (χ4v) is 5.20.